The van der Waals surface area contributed by atoms with E-state index in [1.165, 1.54) is 23.8 Å². The third-order valence-corrected chi connectivity index (χ3v) is 16.1. The van der Waals surface area contributed by atoms with Crippen molar-refractivity contribution in [2.45, 2.75) is 132 Å². The summed E-state index contributed by atoms with van der Waals surface area (Å²) in [4.78, 5) is 36.8. The molecule has 4 unspecified atom stereocenters. The van der Waals surface area contributed by atoms with Gasteiger partial charge in [0.15, 0.2) is 0 Å². The van der Waals surface area contributed by atoms with Gasteiger partial charge < -0.3 is 14.9 Å². The summed E-state index contributed by atoms with van der Waals surface area (Å²) in [6.45, 7) is 22.0. The van der Waals surface area contributed by atoms with Crippen molar-refractivity contribution in [3.8, 4) is 11.8 Å². The van der Waals surface area contributed by atoms with Crippen molar-refractivity contribution >= 4 is 17.9 Å². The van der Waals surface area contributed by atoms with E-state index in [9.17, 15) is 29.0 Å². The Bertz CT molecular complexity index is 1700. The van der Waals surface area contributed by atoms with E-state index >= 15 is 0 Å². The molecule has 0 heterocycles. The molecule has 51 heavy (non-hydrogen) atoms. The van der Waals surface area contributed by atoms with Gasteiger partial charge in [0.1, 0.15) is 11.9 Å². The van der Waals surface area contributed by atoms with Crippen LogP contribution in [0, 0.1) is 79.7 Å². The average Bonchev–Trinajstić information content (AvgIpc) is 3.41. The Morgan fingerprint density at radius 3 is 2.27 bits per heavy atom. The van der Waals surface area contributed by atoms with Crippen LogP contribution in [0.2, 0.25) is 0 Å². The highest BCUT2D eigenvalue weighted by molar-refractivity contribution is 5.90. The maximum atomic E-state index is 14.3. The normalized spacial score (nSPS) is 39.5. The zero-order chi connectivity index (χ0) is 37.5. The lowest BCUT2D eigenvalue weighted by molar-refractivity contribution is -0.247. The Labute approximate surface area is 304 Å². The van der Waals surface area contributed by atoms with Crippen LogP contribution < -0.4 is 0 Å². The third kappa shape index (κ3) is 5.77. The Morgan fingerprint density at radius 2 is 1.63 bits per heavy atom. The summed E-state index contributed by atoms with van der Waals surface area (Å²) in [5.74, 6) is 5.89. The quantitative estimate of drug-likeness (QED) is 0.174. The number of esters is 1. The second kappa shape index (κ2) is 12.5. The summed E-state index contributed by atoms with van der Waals surface area (Å²) in [6, 6.07) is 3.77. The van der Waals surface area contributed by atoms with Crippen molar-refractivity contribution in [2.75, 3.05) is 0 Å². The summed E-state index contributed by atoms with van der Waals surface area (Å²) < 4.78 is 20.5. The molecule has 0 bridgehead atoms. The number of carboxylic acids is 2. The van der Waals surface area contributed by atoms with Gasteiger partial charge in [-0.25, -0.2) is 9.18 Å². The molecular weight excluding hydrogens is 643 g/mol. The van der Waals surface area contributed by atoms with Gasteiger partial charge in [-0.3, -0.25) is 9.59 Å². The summed E-state index contributed by atoms with van der Waals surface area (Å²) in [5, 5.41) is 19.4. The molecule has 6 nitrogen and oxygen atoms in total. The fourth-order valence-corrected chi connectivity index (χ4v) is 13.2. The van der Waals surface area contributed by atoms with Gasteiger partial charge in [-0.2, -0.15) is 0 Å². The van der Waals surface area contributed by atoms with Crippen LogP contribution in [0.1, 0.15) is 142 Å². The largest absolute Gasteiger partial charge is 0.481 e. The van der Waals surface area contributed by atoms with Crippen molar-refractivity contribution in [1.29, 1.82) is 0 Å². The molecule has 5 fully saturated rings. The second-order valence-electron chi connectivity index (χ2n) is 19.3. The van der Waals surface area contributed by atoms with Crippen LogP contribution in [0.15, 0.2) is 30.4 Å². The molecular formula is C44H59FO6. The van der Waals surface area contributed by atoms with Gasteiger partial charge >= 0.3 is 17.9 Å². The average molecular weight is 703 g/mol. The number of carbonyl (C=O) groups excluding carboxylic acids is 1. The van der Waals surface area contributed by atoms with Crippen molar-refractivity contribution in [1.82, 2.24) is 0 Å². The maximum absolute atomic E-state index is 14.3. The molecule has 0 spiro atoms. The van der Waals surface area contributed by atoms with E-state index in [-0.39, 0.29) is 50.7 Å². The molecule has 1 aromatic carbocycles. The van der Waals surface area contributed by atoms with E-state index in [4.69, 9.17) is 4.74 Å². The summed E-state index contributed by atoms with van der Waals surface area (Å²) in [7, 11) is 0. The number of ether oxygens (including phenoxy) is 1. The molecule has 5 saturated carbocycles. The molecule has 0 amide bonds. The zero-order valence-electron chi connectivity index (χ0n) is 32.1. The third-order valence-electron chi connectivity index (χ3n) is 16.1. The van der Waals surface area contributed by atoms with E-state index in [1.807, 2.05) is 0 Å². The molecule has 278 valence electrons. The molecule has 5 aliphatic rings. The van der Waals surface area contributed by atoms with Gasteiger partial charge in [-0.05, 0) is 149 Å². The van der Waals surface area contributed by atoms with Crippen molar-refractivity contribution in [2.24, 2.45) is 62.1 Å². The molecule has 1 aromatic rings. The second-order valence-corrected chi connectivity index (χ2v) is 19.3. The summed E-state index contributed by atoms with van der Waals surface area (Å²) >= 11 is 0. The zero-order valence-corrected chi connectivity index (χ0v) is 32.1. The van der Waals surface area contributed by atoms with E-state index in [2.05, 4.69) is 60.0 Å². The minimum atomic E-state index is -1.17. The van der Waals surface area contributed by atoms with Crippen LogP contribution in [0.25, 0.3) is 0 Å². The number of benzene rings is 1. The molecule has 0 radical (unpaired) electrons. The number of fused-ring (bicyclic) bond motifs is 7. The smallest absolute Gasteiger partial charge is 0.336 e. The Balaban J connectivity index is 1.30. The molecule has 5 aliphatic carbocycles. The lowest BCUT2D eigenvalue weighted by Gasteiger charge is -2.72. The number of carboxylic acid groups (broad SMARTS) is 2. The molecule has 0 aliphatic heterocycles. The summed E-state index contributed by atoms with van der Waals surface area (Å²) in [5.41, 5.74) is 0.0861. The fourth-order valence-electron chi connectivity index (χ4n) is 13.2. The number of allylic oxidation sites excluding steroid dienone is 1. The topological polar surface area (TPSA) is 101 Å². The number of hydrogen-bond donors (Lipinski definition) is 2. The number of halogens is 1. The molecule has 2 N–H and O–H groups in total. The molecule has 0 aromatic heterocycles. The van der Waals surface area contributed by atoms with Crippen molar-refractivity contribution < 1.29 is 33.7 Å². The van der Waals surface area contributed by atoms with Crippen molar-refractivity contribution in [3.63, 3.8) is 0 Å². The van der Waals surface area contributed by atoms with Gasteiger partial charge in [0.05, 0.1) is 17.4 Å². The number of aromatic carboxylic acids is 1. The Kier molecular flexibility index (Phi) is 9.20. The minimum Gasteiger partial charge on any atom is -0.481 e. The molecule has 7 heteroatoms. The van der Waals surface area contributed by atoms with Crippen LogP contribution in [-0.2, 0) is 14.3 Å². The highest BCUT2D eigenvalue weighted by atomic mass is 19.1. The minimum absolute atomic E-state index is 0.0430. The van der Waals surface area contributed by atoms with Crippen LogP contribution in [0.4, 0.5) is 4.39 Å². The van der Waals surface area contributed by atoms with Crippen LogP contribution in [0.5, 0.6) is 0 Å². The van der Waals surface area contributed by atoms with Crippen LogP contribution >= 0.6 is 0 Å². The molecule has 6 rings (SSSR count). The SMILES string of the molecule is C=C(C)[C@@H]1CC[C@]2(C#Cc3cc(F)ccc3C(=O)O)CC[C@]3(C)C(CCC4[C@@]5(C)CC[C@H](OC(=O)CC(C)(C)C(=O)O)C(C)(C)C5CC[C@]43C)C12. The molecule has 0 saturated heterocycles. The van der Waals surface area contributed by atoms with Crippen molar-refractivity contribution in [3.05, 3.63) is 47.3 Å². The van der Waals surface area contributed by atoms with Gasteiger partial charge in [-0.15, -0.1) is 0 Å². The van der Waals surface area contributed by atoms with E-state index in [1.54, 1.807) is 13.8 Å². The van der Waals surface area contributed by atoms with Gasteiger partial charge in [-0.1, -0.05) is 58.6 Å². The Hall–Kier alpha value is -3.14. The first-order valence-corrected chi connectivity index (χ1v) is 19.3. The monoisotopic (exact) mass is 702 g/mol. The van der Waals surface area contributed by atoms with Gasteiger partial charge in [0, 0.05) is 16.4 Å². The van der Waals surface area contributed by atoms with Crippen LogP contribution in [-0.4, -0.2) is 34.2 Å². The van der Waals surface area contributed by atoms with E-state index in [0.717, 1.165) is 64.2 Å². The predicted octanol–water partition coefficient (Wildman–Crippen LogP) is 9.95. The predicted molar refractivity (Wildman–Crippen MR) is 195 cm³/mol. The number of hydrogen-bond acceptors (Lipinski definition) is 4. The van der Waals surface area contributed by atoms with E-state index < -0.39 is 29.1 Å². The molecule has 10 atom stereocenters. The standard InChI is InChI=1S/C44H59FO6/c1-26(2)29-15-21-44(20-14-27-24-28(45)10-11-30(27)37(47)48)23-22-42(8)31(36(29)44)12-13-33-41(7)18-17-34(51-35(46)25-39(3,4)38(49)50)40(5,6)32(41)16-19-43(33,42)9/h10-11,24,29,31-34,36H,1,12-13,15-19,21-23,25H2,2-9H3,(H,47,48)(H,49,50)/t29-,31?,32?,33?,34-,36?,41-,42+,43+,44+/m0/s1. The first-order chi connectivity index (χ1) is 23.6. The fraction of sp³-hybridized carbons (Fsp3) is 0.705. The first-order valence-electron chi connectivity index (χ1n) is 19.3. The van der Waals surface area contributed by atoms with E-state index in [0.29, 0.717) is 29.6 Å². The highest BCUT2D eigenvalue weighted by Crippen LogP contribution is 2.77. The lowest BCUT2D eigenvalue weighted by atomic mass is 9.32. The number of rotatable bonds is 6. The van der Waals surface area contributed by atoms with Gasteiger partial charge in [0.25, 0.3) is 0 Å². The Morgan fingerprint density at radius 1 is 0.922 bits per heavy atom. The number of carbonyl (C=O) groups is 3. The number of aliphatic carboxylic acids is 1. The lowest BCUT2D eigenvalue weighted by Crippen LogP contribution is -2.66. The van der Waals surface area contributed by atoms with Gasteiger partial charge in [0.2, 0.25) is 0 Å². The maximum Gasteiger partial charge on any atom is 0.336 e. The first kappa shape index (κ1) is 37.6. The van der Waals surface area contributed by atoms with Crippen LogP contribution in [0.3, 0.4) is 0 Å². The highest BCUT2D eigenvalue weighted by Gasteiger charge is 2.71. The summed E-state index contributed by atoms with van der Waals surface area (Å²) in [6.07, 6.45) is 9.76.